The van der Waals surface area contributed by atoms with Crippen molar-refractivity contribution >= 4 is 10.8 Å². The minimum Gasteiger partial charge on any atom is -0.494 e. The van der Waals surface area contributed by atoms with Crippen molar-refractivity contribution in [3.8, 4) is 22.6 Å². The van der Waals surface area contributed by atoms with E-state index in [1.165, 1.54) is 74.5 Å². The Morgan fingerprint density at radius 2 is 1.15 bits per heavy atom. The Bertz CT molecular complexity index is 1620. The molecule has 1 aliphatic carbocycles. The summed E-state index contributed by atoms with van der Waals surface area (Å²) in [6, 6.07) is 36.2. The fourth-order valence-electron chi connectivity index (χ4n) is 6.94. The number of benzene rings is 5. The van der Waals surface area contributed by atoms with Gasteiger partial charge in [0.15, 0.2) is 0 Å². The van der Waals surface area contributed by atoms with Crippen molar-refractivity contribution in [3.05, 3.63) is 130 Å². The number of rotatable bonds is 0. The van der Waals surface area contributed by atoms with Crippen LogP contribution in [0.3, 0.4) is 0 Å². The topological polar surface area (TPSA) is 18.5 Å². The number of aryl methyl sites for hydroxylation is 2. The fourth-order valence-corrected chi connectivity index (χ4v) is 6.94. The van der Waals surface area contributed by atoms with Crippen LogP contribution in [0.15, 0.2) is 97.1 Å². The highest BCUT2D eigenvalue weighted by Crippen LogP contribution is 2.56. The van der Waals surface area contributed by atoms with Gasteiger partial charge in [0, 0.05) is 0 Å². The molecule has 3 aliphatic heterocycles. The normalized spacial score (nSPS) is 16.1. The predicted octanol–water partition coefficient (Wildman–Crippen LogP) is 9.54. The highest BCUT2D eigenvalue weighted by molar-refractivity contribution is 6.06. The van der Waals surface area contributed by atoms with E-state index < -0.39 is 5.41 Å². The largest absolute Gasteiger partial charge is 0.494 e. The van der Waals surface area contributed by atoms with Crippen LogP contribution in [0.1, 0.15) is 65.5 Å². The second kappa shape index (κ2) is 10.2. The fraction of sp³-hybridized carbons (Fsp3) is 0.263. The maximum Gasteiger partial charge on any atom is 0.119 e. The lowest BCUT2D eigenvalue weighted by Gasteiger charge is -2.42. The van der Waals surface area contributed by atoms with E-state index in [9.17, 15) is 0 Å². The third kappa shape index (κ3) is 4.01. The maximum absolute atomic E-state index is 6.20. The summed E-state index contributed by atoms with van der Waals surface area (Å²) in [5.74, 6) is 1.89. The monoisotopic (exact) mass is 524 g/mol. The smallest absolute Gasteiger partial charge is 0.119 e. The van der Waals surface area contributed by atoms with E-state index in [0.717, 1.165) is 37.6 Å². The number of hydrogen-bond donors (Lipinski definition) is 0. The summed E-state index contributed by atoms with van der Waals surface area (Å²) in [6.07, 6.45) is 5.76. The Morgan fingerprint density at radius 3 is 1.80 bits per heavy atom. The third-order valence-corrected chi connectivity index (χ3v) is 8.93. The molecule has 4 bridgehead atoms. The van der Waals surface area contributed by atoms with Crippen molar-refractivity contribution < 1.29 is 9.47 Å². The first-order valence-corrected chi connectivity index (χ1v) is 14.8. The summed E-state index contributed by atoms with van der Waals surface area (Å²) in [6.45, 7) is 5.95. The van der Waals surface area contributed by atoms with E-state index >= 15 is 0 Å². The van der Waals surface area contributed by atoms with Crippen molar-refractivity contribution in [2.24, 2.45) is 0 Å². The second-order valence-corrected chi connectivity index (χ2v) is 11.5. The Balaban J connectivity index is 1.55. The van der Waals surface area contributed by atoms with Gasteiger partial charge in [-0.1, -0.05) is 97.6 Å². The van der Waals surface area contributed by atoms with Gasteiger partial charge in [0.25, 0.3) is 0 Å². The summed E-state index contributed by atoms with van der Waals surface area (Å²) in [5.41, 5.74) is 9.87. The summed E-state index contributed by atoms with van der Waals surface area (Å²) in [7, 11) is 0. The molecule has 3 heterocycles. The lowest BCUT2D eigenvalue weighted by molar-refractivity contribution is 0.293. The lowest BCUT2D eigenvalue weighted by atomic mass is 9.59. The summed E-state index contributed by atoms with van der Waals surface area (Å²) < 4.78 is 12.4. The highest BCUT2D eigenvalue weighted by atomic mass is 16.5. The molecule has 0 radical (unpaired) electrons. The molecule has 5 aromatic carbocycles. The zero-order valence-corrected chi connectivity index (χ0v) is 23.5. The molecule has 1 spiro atoms. The third-order valence-electron chi connectivity index (χ3n) is 8.93. The van der Waals surface area contributed by atoms with Gasteiger partial charge in [-0.25, -0.2) is 0 Å². The van der Waals surface area contributed by atoms with Crippen molar-refractivity contribution in [1.29, 1.82) is 0 Å². The first-order chi connectivity index (χ1) is 19.7. The summed E-state index contributed by atoms with van der Waals surface area (Å²) in [5, 5.41) is 2.67. The molecule has 0 amide bonds. The predicted molar refractivity (Wildman–Crippen MR) is 165 cm³/mol. The molecule has 40 heavy (non-hydrogen) atoms. The highest BCUT2D eigenvalue weighted by Gasteiger charge is 2.44. The van der Waals surface area contributed by atoms with E-state index in [0.29, 0.717) is 0 Å². The van der Waals surface area contributed by atoms with Crippen LogP contribution in [0.2, 0.25) is 0 Å². The zero-order valence-electron chi connectivity index (χ0n) is 23.5. The molecule has 0 unspecified atom stereocenters. The molecule has 0 saturated heterocycles. The van der Waals surface area contributed by atoms with Crippen LogP contribution in [0.4, 0.5) is 0 Å². The Morgan fingerprint density at radius 1 is 0.550 bits per heavy atom. The molecule has 0 N–H and O–H groups in total. The van der Waals surface area contributed by atoms with Gasteiger partial charge < -0.3 is 9.47 Å². The molecule has 200 valence electrons. The Kier molecular flexibility index (Phi) is 6.35. The van der Waals surface area contributed by atoms with Gasteiger partial charge >= 0.3 is 0 Å². The standard InChI is InChI=1S/C38H36O2/c1-26-11-21-33-34-22-12-27(2)32-9-8-10-35(37(32)34)38(36(33)25-26)28-13-17-30(18-14-28)39-23-6-4-3-5-7-24-40-31-19-15-29(38)16-20-31/h8-22,25H,3-7,23-24H2,1-2H3. The van der Waals surface area contributed by atoms with Gasteiger partial charge in [0.2, 0.25) is 0 Å². The van der Waals surface area contributed by atoms with Crippen molar-refractivity contribution in [2.45, 2.75) is 51.4 Å². The van der Waals surface area contributed by atoms with Crippen LogP contribution in [0.5, 0.6) is 11.5 Å². The minimum atomic E-state index is -0.482. The first kappa shape index (κ1) is 25.0. The molecule has 2 heteroatoms. The van der Waals surface area contributed by atoms with E-state index in [-0.39, 0.29) is 0 Å². The van der Waals surface area contributed by atoms with Gasteiger partial charge in [-0.15, -0.1) is 0 Å². The first-order valence-electron chi connectivity index (χ1n) is 14.8. The maximum atomic E-state index is 6.20. The Labute approximate surface area is 237 Å². The summed E-state index contributed by atoms with van der Waals surface area (Å²) >= 11 is 0. The van der Waals surface area contributed by atoms with Crippen LogP contribution in [-0.4, -0.2) is 13.2 Å². The van der Waals surface area contributed by atoms with Crippen LogP contribution < -0.4 is 9.47 Å². The molecule has 4 aliphatic rings. The molecule has 0 atom stereocenters. The number of ether oxygens (including phenoxy) is 2. The molecule has 2 nitrogen and oxygen atoms in total. The quantitative estimate of drug-likeness (QED) is 0.197. The van der Waals surface area contributed by atoms with Gasteiger partial charge in [-0.2, -0.15) is 0 Å². The molecule has 9 rings (SSSR count). The summed E-state index contributed by atoms with van der Waals surface area (Å²) in [4.78, 5) is 0. The average molecular weight is 525 g/mol. The van der Waals surface area contributed by atoms with E-state index in [4.69, 9.17) is 9.47 Å². The van der Waals surface area contributed by atoms with Gasteiger partial charge in [-0.05, 0) is 101 Å². The Hall–Kier alpha value is -4.04. The second-order valence-electron chi connectivity index (χ2n) is 11.5. The van der Waals surface area contributed by atoms with Crippen molar-refractivity contribution in [3.63, 3.8) is 0 Å². The van der Waals surface area contributed by atoms with E-state index in [1.807, 2.05) is 0 Å². The van der Waals surface area contributed by atoms with Crippen LogP contribution in [-0.2, 0) is 5.41 Å². The average Bonchev–Trinajstić information content (AvgIpc) is 2.98. The van der Waals surface area contributed by atoms with Crippen LogP contribution >= 0.6 is 0 Å². The van der Waals surface area contributed by atoms with Crippen LogP contribution in [0.25, 0.3) is 21.9 Å². The van der Waals surface area contributed by atoms with Crippen molar-refractivity contribution in [1.82, 2.24) is 0 Å². The van der Waals surface area contributed by atoms with Gasteiger partial charge in [0.1, 0.15) is 11.5 Å². The molecule has 0 saturated carbocycles. The molecular formula is C38H36O2. The zero-order chi connectivity index (χ0) is 27.1. The van der Waals surface area contributed by atoms with Gasteiger partial charge in [0.05, 0.1) is 18.6 Å². The molecule has 0 aromatic heterocycles. The van der Waals surface area contributed by atoms with E-state index in [2.05, 4.69) is 111 Å². The van der Waals surface area contributed by atoms with Crippen LogP contribution in [0, 0.1) is 13.8 Å². The minimum absolute atomic E-state index is 0.482. The number of fused-ring (bicyclic) bond motifs is 4. The van der Waals surface area contributed by atoms with Gasteiger partial charge in [-0.3, -0.25) is 0 Å². The molecule has 0 fully saturated rings. The van der Waals surface area contributed by atoms with Crippen molar-refractivity contribution in [2.75, 3.05) is 13.2 Å². The SMILES string of the molecule is Cc1ccc2c(c1)C1(c3ccc(cc3)OCCCCCCCOc3ccc1cc3)c1cccc3c(C)ccc-2c13. The lowest BCUT2D eigenvalue weighted by Crippen LogP contribution is -2.34. The number of hydrogen-bond acceptors (Lipinski definition) is 2. The molecular weight excluding hydrogens is 488 g/mol. The molecule has 5 aromatic rings. The van der Waals surface area contributed by atoms with E-state index in [1.54, 1.807) is 0 Å².